The molecule has 0 spiro atoms. The summed E-state index contributed by atoms with van der Waals surface area (Å²) in [7, 11) is 3.10. The first-order valence-electron chi connectivity index (χ1n) is 18.3. The summed E-state index contributed by atoms with van der Waals surface area (Å²) in [6.45, 7) is 5.16. The maximum Gasteiger partial charge on any atom is 0.254 e. The van der Waals surface area contributed by atoms with Gasteiger partial charge in [0.1, 0.15) is 6.04 Å². The predicted molar refractivity (Wildman–Crippen MR) is 204 cm³/mol. The van der Waals surface area contributed by atoms with Crippen LogP contribution in [-0.2, 0) is 27.2 Å². The highest BCUT2D eigenvalue weighted by molar-refractivity contribution is 6.31. The summed E-state index contributed by atoms with van der Waals surface area (Å²) >= 11 is 6.19. The third-order valence-electron chi connectivity index (χ3n) is 10.4. The zero-order chi connectivity index (χ0) is 37.6. The second-order valence-corrected chi connectivity index (χ2v) is 14.7. The maximum absolute atomic E-state index is 14.3. The Hall–Kier alpha value is -5.03. The molecule has 4 atom stereocenters. The van der Waals surface area contributed by atoms with Crippen LogP contribution >= 0.6 is 11.6 Å². The van der Waals surface area contributed by atoms with E-state index in [1.54, 1.807) is 41.1 Å². The van der Waals surface area contributed by atoms with Gasteiger partial charge in [0.15, 0.2) is 11.5 Å². The number of rotatable bonds is 13. The molecule has 1 aromatic heterocycles. The Labute approximate surface area is 315 Å². The highest BCUT2D eigenvalue weighted by atomic mass is 35.5. The number of hydrogen-bond donors (Lipinski definition) is 3. The van der Waals surface area contributed by atoms with Gasteiger partial charge in [-0.05, 0) is 86.4 Å². The van der Waals surface area contributed by atoms with Crippen LogP contribution < -0.4 is 20.1 Å². The largest absolute Gasteiger partial charge is 0.493 e. The van der Waals surface area contributed by atoms with Crippen molar-refractivity contribution < 1.29 is 28.7 Å². The average molecular weight is 742 g/mol. The van der Waals surface area contributed by atoms with Crippen molar-refractivity contribution in [3.05, 3.63) is 94.6 Å². The number of nitrogens with zero attached hydrogens (tertiary/aromatic N) is 2. The van der Waals surface area contributed by atoms with E-state index in [1.807, 2.05) is 62.5 Å². The van der Waals surface area contributed by atoms with Gasteiger partial charge in [-0.1, -0.05) is 48.0 Å². The molecule has 0 bridgehead atoms. The van der Waals surface area contributed by atoms with Gasteiger partial charge >= 0.3 is 0 Å². The van der Waals surface area contributed by atoms with Gasteiger partial charge in [0, 0.05) is 60.9 Å². The van der Waals surface area contributed by atoms with E-state index in [4.69, 9.17) is 21.1 Å². The van der Waals surface area contributed by atoms with E-state index < -0.39 is 12.0 Å². The molecule has 53 heavy (non-hydrogen) atoms. The Balaban J connectivity index is 1.22. The molecule has 4 amide bonds. The molecule has 0 aliphatic carbocycles. The number of piperidine rings is 1. The molecule has 280 valence electrons. The normalized spacial score (nSPS) is 18.8. The number of H-pyrrole nitrogens is 1. The molecule has 2 aliphatic rings. The number of carbonyl (C=O) groups is 4. The summed E-state index contributed by atoms with van der Waals surface area (Å²) in [5.41, 5.74) is 3.29. The number of likely N-dealkylation sites (N-methyl/N-ethyl adjacent to an activating group) is 1. The lowest BCUT2D eigenvalue weighted by Gasteiger charge is -2.40. The van der Waals surface area contributed by atoms with Crippen LogP contribution in [0.4, 0.5) is 0 Å². The fraction of sp³-hybridized carbons (Fsp3) is 0.415. The van der Waals surface area contributed by atoms with Gasteiger partial charge in [0.2, 0.25) is 17.7 Å². The van der Waals surface area contributed by atoms with Crippen molar-refractivity contribution in [2.45, 2.75) is 51.7 Å². The Morgan fingerprint density at radius 2 is 1.72 bits per heavy atom. The van der Waals surface area contributed by atoms with Crippen molar-refractivity contribution in [1.29, 1.82) is 0 Å². The molecule has 3 N–H and O–H groups in total. The summed E-state index contributed by atoms with van der Waals surface area (Å²) in [6.07, 6.45) is 3.82. The summed E-state index contributed by atoms with van der Waals surface area (Å²) in [5, 5.41) is 7.25. The Morgan fingerprint density at radius 3 is 2.45 bits per heavy atom. The number of fused-ring (bicyclic) bond motifs is 2. The van der Waals surface area contributed by atoms with Crippen molar-refractivity contribution in [1.82, 2.24) is 25.4 Å². The number of nitrogens with one attached hydrogen (secondary N) is 3. The van der Waals surface area contributed by atoms with E-state index >= 15 is 0 Å². The Morgan fingerprint density at radius 1 is 0.943 bits per heavy atom. The first kappa shape index (κ1) is 37.7. The number of aryl methyl sites for hydroxylation is 1. The first-order valence-corrected chi connectivity index (χ1v) is 18.7. The van der Waals surface area contributed by atoms with E-state index in [1.165, 1.54) is 7.11 Å². The number of benzene rings is 3. The van der Waals surface area contributed by atoms with E-state index in [0.717, 1.165) is 28.5 Å². The second kappa shape index (κ2) is 16.8. The zero-order valence-corrected chi connectivity index (χ0v) is 31.4. The van der Waals surface area contributed by atoms with Gasteiger partial charge in [0.05, 0.1) is 25.6 Å². The minimum Gasteiger partial charge on any atom is -0.493 e. The molecule has 2 saturated heterocycles. The van der Waals surface area contributed by atoms with Gasteiger partial charge in [-0.25, -0.2) is 0 Å². The molecule has 4 aromatic rings. The number of hydrogen-bond acceptors (Lipinski definition) is 6. The summed E-state index contributed by atoms with van der Waals surface area (Å²) in [4.78, 5) is 62.0. The molecule has 12 heteroatoms. The number of carbonyl (C=O) groups excluding carboxylic acids is 4. The average Bonchev–Trinajstić information content (AvgIpc) is 3.77. The number of methoxy groups -OCH3 is 1. The van der Waals surface area contributed by atoms with Crippen molar-refractivity contribution in [2.75, 3.05) is 40.3 Å². The van der Waals surface area contributed by atoms with Crippen LogP contribution in [0.2, 0.25) is 5.02 Å². The topological polar surface area (TPSA) is 133 Å². The Kier molecular flexibility index (Phi) is 11.9. The summed E-state index contributed by atoms with van der Waals surface area (Å²) in [6, 6.07) is 19.9. The van der Waals surface area contributed by atoms with Gasteiger partial charge in [0.25, 0.3) is 5.91 Å². The van der Waals surface area contributed by atoms with E-state index in [9.17, 15) is 19.2 Å². The van der Waals surface area contributed by atoms with Crippen molar-refractivity contribution in [2.24, 2.45) is 17.8 Å². The monoisotopic (exact) mass is 741 g/mol. The number of halogens is 1. The second-order valence-electron chi connectivity index (χ2n) is 14.3. The van der Waals surface area contributed by atoms with Crippen LogP contribution in [0, 0.1) is 17.8 Å². The van der Waals surface area contributed by atoms with Crippen molar-refractivity contribution >= 4 is 46.1 Å². The lowest BCUT2D eigenvalue weighted by atomic mass is 9.79. The molecule has 0 radical (unpaired) electrons. The van der Waals surface area contributed by atoms with Crippen LogP contribution in [0.1, 0.15) is 48.2 Å². The smallest absolute Gasteiger partial charge is 0.254 e. The number of amides is 4. The number of likely N-dealkylation sites (tertiary alicyclic amines) is 2. The predicted octanol–water partition coefficient (Wildman–Crippen LogP) is 5.26. The zero-order valence-electron chi connectivity index (χ0n) is 30.7. The molecule has 0 saturated carbocycles. The molecular formula is C41H48ClN5O6. The fourth-order valence-electron chi connectivity index (χ4n) is 7.71. The molecule has 11 nitrogen and oxygen atoms in total. The molecule has 2 aliphatic heterocycles. The van der Waals surface area contributed by atoms with Gasteiger partial charge < -0.3 is 34.9 Å². The van der Waals surface area contributed by atoms with Crippen molar-refractivity contribution in [3.8, 4) is 11.5 Å². The molecule has 3 heterocycles. The highest BCUT2D eigenvalue weighted by Gasteiger charge is 2.48. The lowest BCUT2D eigenvalue weighted by molar-refractivity contribution is -0.140. The van der Waals surface area contributed by atoms with Crippen LogP contribution in [0.5, 0.6) is 11.5 Å². The molecule has 2 fully saturated rings. The van der Waals surface area contributed by atoms with Crippen molar-refractivity contribution in [3.63, 3.8) is 0 Å². The highest BCUT2D eigenvalue weighted by Crippen LogP contribution is 2.38. The van der Waals surface area contributed by atoms with Crippen LogP contribution in [0.25, 0.3) is 10.9 Å². The minimum atomic E-state index is -0.739. The SMILES string of the molecule is CNC(=O)C(CCCc1ccccc1)NC(=O)C1CN(C(=O)Cc2c[nH]c3cc(Cl)ccc23)CC2CN(C(=O)c3ccc(OC(C)C)c(OC)c3)CC21. The molecular weight excluding hydrogens is 694 g/mol. The lowest BCUT2D eigenvalue weighted by Crippen LogP contribution is -2.56. The standard InChI is InChI=1S/C41H48ClN5O6/c1-25(2)53-36-16-13-27(17-37(36)52-4)41(51)47-22-29-21-46(38(48)18-28-20-44-35-19-30(42)14-15-31(28)35)24-33(32(29)23-47)39(49)45-34(40(50)43-3)12-8-11-26-9-6-5-7-10-26/h5-7,9-10,13-17,19-20,25,29,32-34,44H,8,11-12,18,21-24H2,1-4H3,(H,43,50)(H,45,49). The molecule has 4 unspecified atom stereocenters. The number of aromatic amines is 1. The minimum absolute atomic E-state index is 0.0674. The number of aromatic nitrogens is 1. The van der Waals surface area contributed by atoms with Gasteiger partial charge in [-0.3, -0.25) is 19.2 Å². The third-order valence-corrected chi connectivity index (χ3v) is 10.6. The van der Waals surface area contributed by atoms with E-state index in [0.29, 0.717) is 54.6 Å². The first-order chi connectivity index (χ1) is 25.5. The van der Waals surface area contributed by atoms with Crippen LogP contribution in [0.15, 0.2) is 72.9 Å². The van der Waals surface area contributed by atoms with Gasteiger partial charge in [-0.2, -0.15) is 0 Å². The number of ether oxygens (including phenoxy) is 2. The van der Waals surface area contributed by atoms with Crippen LogP contribution in [-0.4, -0.2) is 90.9 Å². The third kappa shape index (κ3) is 8.79. The van der Waals surface area contributed by atoms with E-state index in [-0.39, 0.29) is 54.5 Å². The van der Waals surface area contributed by atoms with Crippen LogP contribution in [0.3, 0.4) is 0 Å². The summed E-state index contributed by atoms with van der Waals surface area (Å²) < 4.78 is 11.4. The maximum atomic E-state index is 14.3. The summed E-state index contributed by atoms with van der Waals surface area (Å²) in [5.74, 6) is -0.836. The molecule has 3 aromatic carbocycles. The Bertz CT molecular complexity index is 1950. The van der Waals surface area contributed by atoms with E-state index in [2.05, 4.69) is 15.6 Å². The van der Waals surface area contributed by atoms with Gasteiger partial charge in [-0.15, -0.1) is 0 Å². The molecule has 6 rings (SSSR count). The fourth-order valence-corrected chi connectivity index (χ4v) is 7.89. The quantitative estimate of drug-likeness (QED) is 0.171.